The van der Waals surface area contributed by atoms with Gasteiger partial charge in [-0.2, -0.15) is 5.10 Å². The third-order valence-electron chi connectivity index (χ3n) is 1.44. The Bertz CT molecular complexity index is 413. The highest BCUT2D eigenvalue weighted by Crippen LogP contribution is 2.17. The minimum absolute atomic E-state index is 0.380. The van der Waals surface area contributed by atoms with Crippen LogP contribution in [0.2, 0.25) is 5.15 Å². The van der Waals surface area contributed by atoms with Crippen molar-refractivity contribution in [2.75, 3.05) is 6.26 Å². The second-order valence-corrected chi connectivity index (χ2v) is 3.24. The van der Waals surface area contributed by atoms with Crippen LogP contribution in [0.1, 0.15) is 0 Å². The Hall–Kier alpha value is -0.810. The molecule has 0 amide bonds. The van der Waals surface area contributed by atoms with Crippen LogP contribution in [0.15, 0.2) is 17.4 Å². The van der Waals surface area contributed by atoms with Gasteiger partial charge in [-0.1, -0.05) is 23.4 Å². The lowest BCUT2D eigenvalue weighted by atomic mass is 10.6. The Morgan fingerprint density at radius 3 is 3.08 bits per heavy atom. The Balaban J connectivity index is 2.82. The van der Waals surface area contributed by atoms with Gasteiger partial charge in [-0.05, 0) is 12.3 Å². The van der Waals surface area contributed by atoms with Gasteiger partial charge in [0.2, 0.25) is 5.16 Å². The first-order valence-corrected chi connectivity index (χ1v) is 4.83. The van der Waals surface area contributed by atoms with Crippen LogP contribution in [-0.2, 0) is 0 Å². The van der Waals surface area contributed by atoms with E-state index in [1.54, 1.807) is 16.8 Å². The van der Waals surface area contributed by atoms with Gasteiger partial charge < -0.3 is 0 Å². The summed E-state index contributed by atoms with van der Waals surface area (Å²) in [4.78, 5) is 0. The molecule has 0 aliphatic heterocycles. The highest BCUT2D eigenvalue weighted by atomic mass is 35.5. The summed E-state index contributed by atoms with van der Waals surface area (Å²) in [6.07, 6.45) is 3.59. The Morgan fingerprint density at radius 2 is 2.33 bits per heavy atom. The van der Waals surface area contributed by atoms with Crippen molar-refractivity contribution in [1.82, 2.24) is 19.8 Å². The monoisotopic (exact) mass is 200 g/mol. The van der Waals surface area contributed by atoms with Gasteiger partial charge in [0.1, 0.15) is 5.52 Å². The summed E-state index contributed by atoms with van der Waals surface area (Å²) in [5.74, 6) is 0. The van der Waals surface area contributed by atoms with Crippen molar-refractivity contribution in [3.8, 4) is 0 Å². The van der Waals surface area contributed by atoms with Crippen LogP contribution in [0.5, 0.6) is 0 Å². The molecule has 0 atom stereocenters. The van der Waals surface area contributed by atoms with Crippen LogP contribution in [0.25, 0.3) is 5.52 Å². The van der Waals surface area contributed by atoms with E-state index in [1.165, 1.54) is 11.8 Å². The lowest BCUT2D eigenvalue weighted by molar-refractivity contribution is 0.740. The predicted octanol–water partition coefficient (Wildman–Crippen LogP) is 1.50. The standard InChI is InChI=1S/C6H5ClN4S/c1-12-6-10-9-5(7)4-2-3-8-11(4)6/h2-3H,1H3. The molecule has 62 valence electrons. The van der Waals surface area contributed by atoms with E-state index in [2.05, 4.69) is 15.3 Å². The number of hydrogen-bond donors (Lipinski definition) is 0. The van der Waals surface area contributed by atoms with E-state index in [-0.39, 0.29) is 0 Å². The number of rotatable bonds is 1. The number of fused-ring (bicyclic) bond motifs is 1. The van der Waals surface area contributed by atoms with Crippen molar-refractivity contribution < 1.29 is 0 Å². The molecule has 4 nitrogen and oxygen atoms in total. The maximum Gasteiger partial charge on any atom is 0.210 e. The highest BCUT2D eigenvalue weighted by Gasteiger charge is 2.05. The maximum absolute atomic E-state index is 5.78. The van der Waals surface area contributed by atoms with Crippen LogP contribution in [0, 0.1) is 0 Å². The predicted molar refractivity (Wildman–Crippen MR) is 47.6 cm³/mol. The molecule has 0 spiro atoms. The van der Waals surface area contributed by atoms with Crippen LogP contribution in [0.3, 0.4) is 0 Å². The van der Waals surface area contributed by atoms with E-state index in [4.69, 9.17) is 11.6 Å². The summed E-state index contributed by atoms with van der Waals surface area (Å²) < 4.78 is 1.67. The topological polar surface area (TPSA) is 43.1 Å². The lowest BCUT2D eigenvalue weighted by Gasteiger charge is -1.98. The Morgan fingerprint density at radius 1 is 1.50 bits per heavy atom. The first-order valence-electron chi connectivity index (χ1n) is 3.23. The summed E-state index contributed by atoms with van der Waals surface area (Å²) in [5.41, 5.74) is 0.788. The van der Waals surface area contributed by atoms with Gasteiger partial charge in [-0.25, -0.2) is 4.52 Å². The fraction of sp³-hybridized carbons (Fsp3) is 0.167. The number of aromatic nitrogens is 4. The molecule has 0 unspecified atom stereocenters. The van der Waals surface area contributed by atoms with Crippen LogP contribution < -0.4 is 0 Å². The van der Waals surface area contributed by atoms with E-state index in [0.29, 0.717) is 5.15 Å². The molecule has 0 radical (unpaired) electrons. The molecule has 0 aromatic carbocycles. The number of hydrogen-bond acceptors (Lipinski definition) is 4. The second-order valence-electron chi connectivity index (χ2n) is 2.11. The lowest BCUT2D eigenvalue weighted by Crippen LogP contribution is -1.98. The van der Waals surface area contributed by atoms with Crippen molar-refractivity contribution >= 4 is 28.9 Å². The third kappa shape index (κ3) is 1.05. The van der Waals surface area contributed by atoms with Crippen LogP contribution >= 0.6 is 23.4 Å². The molecule has 0 fully saturated rings. The van der Waals surface area contributed by atoms with E-state index < -0.39 is 0 Å². The smallest absolute Gasteiger partial charge is 0.205 e. The second kappa shape index (κ2) is 2.91. The maximum atomic E-state index is 5.78. The SMILES string of the molecule is CSc1nnc(Cl)c2ccnn12. The normalized spacial score (nSPS) is 10.8. The quantitative estimate of drug-likeness (QED) is 0.655. The number of halogens is 1. The Kier molecular flexibility index (Phi) is 1.90. The van der Waals surface area contributed by atoms with Crippen molar-refractivity contribution in [2.45, 2.75) is 5.16 Å². The van der Waals surface area contributed by atoms with Gasteiger partial charge in [0.05, 0.1) is 6.20 Å². The van der Waals surface area contributed by atoms with E-state index in [0.717, 1.165) is 10.7 Å². The van der Waals surface area contributed by atoms with Gasteiger partial charge in [0.15, 0.2) is 5.15 Å². The minimum atomic E-state index is 0.380. The third-order valence-corrected chi connectivity index (χ3v) is 2.33. The van der Waals surface area contributed by atoms with Gasteiger partial charge in [0, 0.05) is 0 Å². The molecule has 0 saturated heterocycles. The van der Waals surface area contributed by atoms with Gasteiger partial charge in [-0.15, -0.1) is 10.2 Å². The fourth-order valence-electron chi connectivity index (χ4n) is 0.920. The van der Waals surface area contributed by atoms with Crippen molar-refractivity contribution in [2.24, 2.45) is 0 Å². The first-order chi connectivity index (χ1) is 5.83. The van der Waals surface area contributed by atoms with Gasteiger partial charge in [0.25, 0.3) is 0 Å². The minimum Gasteiger partial charge on any atom is -0.205 e. The molecule has 0 N–H and O–H groups in total. The zero-order chi connectivity index (χ0) is 8.55. The molecule has 2 aromatic heterocycles. The zero-order valence-corrected chi connectivity index (χ0v) is 7.80. The summed E-state index contributed by atoms with van der Waals surface area (Å²) in [5, 5.41) is 12.8. The van der Waals surface area contributed by atoms with Crippen LogP contribution in [0.4, 0.5) is 0 Å². The average molecular weight is 201 g/mol. The molecule has 0 saturated carbocycles. The van der Waals surface area contributed by atoms with E-state index >= 15 is 0 Å². The highest BCUT2D eigenvalue weighted by molar-refractivity contribution is 7.98. The largest absolute Gasteiger partial charge is 0.210 e. The molecule has 12 heavy (non-hydrogen) atoms. The molecule has 6 heteroatoms. The summed E-state index contributed by atoms with van der Waals surface area (Å²) in [6, 6.07) is 1.80. The van der Waals surface area contributed by atoms with Crippen LogP contribution in [-0.4, -0.2) is 26.1 Å². The Labute approximate surface area is 77.9 Å². The van der Waals surface area contributed by atoms with Crippen molar-refractivity contribution in [1.29, 1.82) is 0 Å². The summed E-state index contributed by atoms with van der Waals surface area (Å²) in [6.45, 7) is 0. The van der Waals surface area contributed by atoms with Crippen molar-refractivity contribution in [3.63, 3.8) is 0 Å². The number of thioether (sulfide) groups is 1. The number of nitrogens with zero attached hydrogens (tertiary/aromatic N) is 4. The van der Waals surface area contributed by atoms with E-state index in [1.807, 2.05) is 6.26 Å². The molecule has 2 rings (SSSR count). The molecule has 0 aliphatic carbocycles. The average Bonchev–Trinajstić information content (AvgIpc) is 2.54. The summed E-state index contributed by atoms with van der Waals surface area (Å²) >= 11 is 7.26. The fourth-order valence-corrected chi connectivity index (χ4v) is 1.54. The molecule has 2 heterocycles. The molecular formula is C6H5ClN4S. The molecule has 2 aromatic rings. The zero-order valence-electron chi connectivity index (χ0n) is 6.23. The van der Waals surface area contributed by atoms with E-state index in [9.17, 15) is 0 Å². The molecule has 0 aliphatic rings. The van der Waals surface area contributed by atoms with Gasteiger partial charge in [-0.3, -0.25) is 0 Å². The van der Waals surface area contributed by atoms with Gasteiger partial charge >= 0.3 is 0 Å². The summed E-state index contributed by atoms with van der Waals surface area (Å²) in [7, 11) is 0. The first kappa shape index (κ1) is 7.82. The van der Waals surface area contributed by atoms with Crippen molar-refractivity contribution in [3.05, 3.63) is 17.4 Å². The molecule has 0 bridgehead atoms. The molecular weight excluding hydrogens is 196 g/mol.